The summed E-state index contributed by atoms with van der Waals surface area (Å²) in [5, 5.41) is 0. The van der Waals surface area contributed by atoms with Crippen LogP contribution >= 0.6 is 0 Å². The van der Waals surface area contributed by atoms with Crippen molar-refractivity contribution in [1.29, 1.82) is 0 Å². The van der Waals surface area contributed by atoms with Crippen LogP contribution in [0.1, 0.15) is 90.1 Å². The molecule has 2 aliphatic heterocycles. The van der Waals surface area contributed by atoms with E-state index in [1.807, 2.05) is 4.57 Å². The highest BCUT2D eigenvalue weighted by Gasteiger charge is 2.32. The number of rotatable bonds is 12. The van der Waals surface area contributed by atoms with Crippen LogP contribution in [0.4, 0.5) is 5.82 Å². The van der Waals surface area contributed by atoms with Crippen LogP contribution in [0.2, 0.25) is 0 Å². The Morgan fingerprint density at radius 2 is 1.50 bits per heavy atom. The maximum Gasteiger partial charge on any atom is 0.329 e. The maximum atomic E-state index is 13.5. The molecule has 4 aliphatic rings. The molecule has 2 saturated carbocycles. The Morgan fingerprint density at radius 3 is 2.12 bits per heavy atom. The van der Waals surface area contributed by atoms with Gasteiger partial charge in [0.1, 0.15) is 5.52 Å². The predicted octanol–water partition coefficient (Wildman–Crippen LogP) is 3.28. The molecule has 0 aromatic carbocycles. The maximum absolute atomic E-state index is 13.5. The van der Waals surface area contributed by atoms with Gasteiger partial charge in [0.15, 0.2) is 11.5 Å². The topological polar surface area (TPSA) is 112 Å². The van der Waals surface area contributed by atoms with E-state index >= 15 is 0 Å². The number of ether oxygens (including phenoxy) is 1. The third kappa shape index (κ3) is 6.79. The van der Waals surface area contributed by atoms with Crippen molar-refractivity contribution in [2.45, 2.75) is 102 Å². The minimum Gasteiger partial charge on any atom is -0.463 e. The van der Waals surface area contributed by atoms with Gasteiger partial charge in [-0.15, -0.1) is 0 Å². The van der Waals surface area contributed by atoms with Gasteiger partial charge < -0.3 is 20.4 Å². The van der Waals surface area contributed by atoms with E-state index in [4.69, 9.17) is 15.5 Å². The number of anilines is 1. The number of nitrogens with one attached hydrogen (secondary N) is 1. The molecule has 42 heavy (non-hydrogen) atoms. The zero-order chi connectivity index (χ0) is 28.9. The third-order valence-electron chi connectivity index (χ3n) is 10.4. The van der Waals surface area contributed by atoms with Crippen molar-refractivity contribution >= 4 is 17.0 Å². The molecule has 4 heterocycles. The lowest BCUT2D eigenvalue weighted by molar-refractivity contribution is 0.0382. The second-order valence-corrected chi connectivity index (χ2v) is 13.0. The molecule has 1 atom stereocenters. The van der Waals surface area contributed by atoms with Gasteiger partial charge in [0, 0.05) is 64.4 Å². The predicted molar refractivity (Wildman–Crippen MR) is 167 cm³/mol. The smallest absolute Gasteiger partial charge is 0.329 e. The van der Waals surface area contributed by atoms with Crippen molar-refractivity contribution in [1.82, 2.24) is 39.1 Å². The molecule has 3 N–H and O–H groups in total. The molecular formula is C31H53N9O2. The van der Waals surface area contributed by atoms with E-state index in [9.17, 15) is 4.79 Å². The molecule has 2 saturated heterocycles. The van der Waals surface area contributed by atoms with Gasteiger partial charge in [-0.25, -0.2) is 4.79 Å². The Kier molecular flexibility index (Phi) is 9.98. The van der Waals surface area contributed by atoms with Gasteiger partial charge in [0.05, 0.1) is 12.8 Å². The van der Waals surface area contributed by atoms with Crippen molar-refractivity contribution in [2.24, 2.45) is 0 Å². The number of aromatic nitrogens is 4. The van der Waals surface area contributed by atoms with E-state index in [0.717, 1.165) is 83.6 Å². The van der Waals surface area contributed by atoms with Crippen molar-refractivity contribution < 1.29 is 4.74 Å². The molecule has 6 rings (SSSR count). The molecule has 1 unspecified atom stereocenters. The van der Waals surface area contributed by atoms with Crippen molar-refractivity contribution in [3.05, 3.63) is 10.5 Å². The fourth-order valence-electron chi connectivity index (χ4n) is 7.92. The van der Waals surface area contributed by atoms with Gasteiger partial charge in [0.2, 0.25) is 0 Å². The number of aromatic amines is 1. The summed E-state index contributed by atoms with van der Waals surface area (Å²) >= 11 is 0. The lowest BCUT2D eigenvalue weighted by atomic mass is 10.1. The van der Waals surface area contributed by atoms with E-state index in [-0.39, 0.29) is 23.7 Å². The van der Waals surface area contributed by atoms with Crippen LogP contribution in [-0.4, -0.2) is 117 Å². The Balaban J connectivity index is 1.16. The summed E-state index contributed by atoms with van der Waals surface area (Å²) in [7, 11) is 0. The molecular weight excluding hydrogens is 530 g/mol. The largest absolute Gasteiger partial charge is 0.463 e. The summed E-state index contributed by atoms with van der Waals surface area (Å²) in [6, 6.07) is 1.81. The second-order valence-electron chi connectivity index (χ2n) is 13.0. The van der Waals surface area contributed by atoms with E-state index in [1.165, 1.54) is 64.5 Å². The molecule has 0 bridgehead atoms. The Morgan fingerprint density at radius 1 is 0.881 bits per heavy atom. The number of unbranched alkanes of at least 4 members (excludes halogenated alkanes) is 1. The molecule has 2 aromatic heterocycles. The number of H-pyrrole nitrogens is 1. The van der Waals surface area contributed by atoms with Crippen LogP contribution < -0.4 is 16.2 Å². The zero-order valence-corrected chi connectivity index (χ0v) is 25.8. The summed E-state index contributed by atoms with van der Waals surface area (Å²) in [5.41, 5.74) is 7.23. The van der Waals surface area contributed by atoms with Gasteiger partial charge >= 0.3 is 11.7 Å². The average Bonchev–Trinajstić information content (AvgIpc) is 3.79. The number of piperazine rings is 2. The second kappa shape index (κ2) is 14.1. The highest BCUT2D eigenvalue weighted by Crippen LogP contribution is 2.29. The van der Waals surface area contributed by atoms with E-state index in [2.05, 4.69) is 36.5 Å². The number of nitrogens with zero attached hydrogens (tertiary/aromatic N) is 7. The molecule has 2 aromatic rings. The van der Waals surface area contributed by atoms with Gasteiger partial charge in [-0.2, -0.15) is 9.97 Å². The average molecular weight is 584 g/mol. The van der Waals surface area contributed by atoms with E-state index < -0.39 is 0 Å². The Hall–Kier alpha value is -2.21. The minimum atomic E-state index is -0.162. The number of nitrogen functional groups attached to an aromatic ring is 1. The van der Waals surface area contributed by atoms with Gasteiger partial charge in [-0.05, 0) is 51.5 Å². The molecule has 234 valence electrons. The number of hydrogen-bond acceptors (Lipinski definition) is 9. The van der Waals surface area contributed by atoms with Crippen molar-refractivity contribution in [2.75, 3.05) is 71.2 Å². The fraction of sp³-hybridized carbons (Fsp3) is 0.839. The highest BCUT2D eigenvalue weighted by molar-refractivity contribution is 5.82. The number of nitrogens with two attached hydrogens (primary N) is 1. The molecule has 0 amide bonds. The number of imidazole rings is 1. The van der Waals surface area contributed by atoms with Gasteiger partial charge in [-0.1, -0.05) is 39.0 Å². The Bertz CT molecular complexity index is 1190. The van der Waals surface area contributed by atoms with E-state index in [0.29, 0.717) is 17.8 Å². The van der Waals surface area contributed by atoms with Gasteiger partial charge in [0.25, 0.3) is 0 Å². The van der Waals surface area contributed by atoms with Crippen molar-refractivity contribution in [3.63, 3.8) is 0 Å². The molecule has 0 radical (unpaired) electrons. The van der Waals surface area contributed by atoms with Crippen molar-refractivity contribution in [3.8, 4) is 6.01 Å². The molecule has 11 heteroatoms. The lowest BCUT2D eigenvalue weighted by Crippen LogP contribution is -2.52. The molecule has 4 fully saturated rings. The van der Waals surface area contributed by atoms with Crippen LogP contribution in [0.5, 0.6) is 6.01 Å². The molecule has 11 nitrogen and oxygen atoms in total. The van der Waals surface area contributed by atoms with Crippen LogP contribution in [-0.2, 0) is 0 Å². The van der Waals surface area contributed by atoms with Crippen LogP contribution in [0.15, 0.2) is 4.79 Å². The molecule has 0 spiro atoms. The molecule has 2 aliphatic carbocycles. The summed E-state index contributed by atoms with van der Waals surface area (Å²) in [4.78, 5) is 36.1. The number of fused-ring (bicyclic) bond motifs is 1. The Labute approximate surface area is 250 Å². The standard InChI is InChI=1S/C31H53N9O2/c1-2-3-23-42-30-34-28(32)27-29(35-30)40(31(41)33-27)26(39-21-19-38(20-22-39)25-11-6-7-12-25)13-8-14-36-15-17-37(18-16-36)24-9-4-5-10-24/h24-26H,2-23H2,1H3,(H,33,41)(H2,32,34,35). The fourth-order valence-corrected chi connectivity index (χ4v) is 7.92. The highest BCUT2D eigenvalue weighted by atomic mass is 16.5. The van der Waals surface area contributed by atoms with Gasteiger partial charge in [-0.3, -0.25) is 19.3 Å². The van der Waals surface area contributed by atoms with E-state index in [1.54, 1.807) is 0 Å². The first-order valence-electron chi connectivity index (χ1n) is 17.0. The van der Waals surface area contributed by atoms with Crippen LogP contribution in [0.25, 0.3) is 11.2 Å². The SMILES string of the molecule is CCCCOc1nc(N)c2[nH]c(=O)n(C(CCCN3CCN(C4CCCC4)CC3)N3CCN(C4CCCC4)CC3)c2n1. The van der Waals surface area contributed by atoms with Crippen LogP contribution in [0.3, 0.4) is 0 Å². The zero-order valence-electron chi connectivity index (χ0n) is 25.8. The summed E-state index contributed by atoms with van der Waals surface area (Å²) in [6.07, 6.45) is 14.7. The first-order chi connectivity index (χ1) is 20.6. The summed E-state index contributed by atoms with van der Waals surface area (Å²) < 4.78 is 7.69. The quantitative estimate of drug-likeness (QED) is 0.364. The first kappa shape index (κ1) is 29.8. The lowest BCUT2D eigenvalue weighted by Gasteiger charge is -2.42. The monoisotopic (exact) mass is 583 g/mol. The first-order valence-corrected chi connectivity index (χ1v) is 17.0. The summed E-state index contributed by atoms with van der Waals surface area (Å²) in [5.74, 6) is 0.271. The summed E-state index contributed by atoms with van der Waals surface area (Å²) in [6.45, 7) is 12.4. The van der Waals surface area contributed by atoms with Crippen LogP contribution in [0, 0.1) is 0 Å². The normalized spacial score (nSPS) is 23.4. The number of hydrogen-bond donors (Lipinski definition) is 2. The minimum absolute atomic E-state index is 0.0745. The third-order valence-corrected chi connectivity index (χ3v) is 10.4.